The quantitative estimate of drug-likeness (QED) is 0.758. The molecule has 1 aliphatic carbocycles. The molecule has 1 aliphatic rings. The molecule has 18 heavy (non-hydrogen) atoms. The minimum atomic E-state index is 0.0510. The Kier molecular flexibility index (Phi) is 6.09. The maximum absolute atomic E-state index is 12.2. The Balaban J connectivity index is 2.39. The normalized spacial score (nSPS) is 17.1. The average Bonchev–Trinajstić information content (AvgIpc) is 2.77. The Morgan fingerprint density at radius 1 is 1.33 bits per heavy atom. The van der Waals surface area contributed by atoms with Crippen molar-refractivity contribution in [3.05, 3.63) is 0 Å². The summed E-state index contributed by atoms with van der Waals surface area (Å²) in [7, 11) is 0. The molecule has 0 bridgehead atoms. The van der Waals surface area contributed by atoms with Crippen molar-refractivity contribution in [3.63, 3.8) is 0 Å². The smallest absolute Gasteiger partial charge is 0.224 e. The van der Waals surface area contributed by atoms with Gasteiger partial charge in [-0.05, 0) is 33.6 Å². The van der Waals surface area contributed by atoms with Crippen molar-refractivity contribution in [1.82, 2.24) is 10.2 Å². The fraction of sp³-hybridized carbons (Fsp3) is 0.929. The average molecular weight is 256 g/mol. The van der Waals surface area contributed by atoms with Gasteiger partial charge in [0.25, 0.3) is 0 Å². The molecule has 1 amide bonds. The maximum atomic E-state index is 12.2. The van der Waals surface area contributed by atoms with Crippen LogP contribution in [0.2, 0.25) is 0 Å². The predicted molar refractivity (Wildman–Crippen MR) is 73.4 cm³/mol. The second-order valence-electron chi connectivity index (χ2n) is 6.18. The standard InChI is InChI=1S/C14H28N2O2/c1-14(2,3)15-9-8-13(18)16(10-11-17)12-6-4-5-7-12/h12,15,17H,4-11H2,1-3H3. The number of aliphatic hydroxyl groups excluding tert-OH is 1. The molecule has 0 heterocycles. The monoisotopic (exact) mass is 256 g/mol. The highest BCUT2D eigenvalue weighted by Gasteiger charge is 2.25. The lowest BCUT2D eigenvalue weighted by molar-refractivity contribution is -0.134. The molecule has 0 aromatic heterocycles. The first-order chi connectivity index (χ1) is 8.44. The summed E-state index contributed by atoms with van der Waals surface area (Å²) in [6, 6.07) is 0.360. The van der Waals surface area contributed by atoms with Gasteiger partial charge in [-0.3, -0.25) is 4.79 Å². The van der Waals surface area contributed by atoms with Crippen LogP contribution in [0, 0.1) is 0 Å². The van der Waals surface area contributed by atoms with Crippen LogP contribution < -0.4 is 5.32 Å². The number of hydrogen-bond acceptors (Lipinski definition) is 3. The van der Waals surface area contributed by atoms with Gasteiger partial charge in [-0.1, -0.05) is 12.8 Å². The zero-order chi connectivity index (χ0) is 13.6. The van der Waals surface area contributed by atoms with Crippen LogP contribution in [0.3, 0.4) is 0 Å². The van der Waals surface area contributed by atoms with Crippen LogP contribution >= 0.6 is 0 Å². The van der Waals surface area contributed by atoms with E-state index in [1.807, 2.05) is 4.90 Å². The Hall–Kier alpha value is -0.610. The van der Waals surface area contributed by atoms with Gasteiger partial charge in [0.2, 0.25) is 5.91 Å². The van der Waals surface area contributed by atoms with Crippen molar-refractivity contribution in [2.45, 2.75) is 64.5 Å². The zero-order valence-corrected chi connectivity index (χ0v) is 12.0. The molecule has 0 aromatic rings. The number of nitrogens with one attached hydrogen (secondary N) is 1. The number of carbonyl (C=O) groups excluding carboxylic acids is 1. The Bertz CT molecular complexity index is 255. The van der Waals surface area contributed by atoms with E-state index in [1.165, 1.54) is 12.8 Å². The van der Waals surface area contributed by atoms with E-state index < -0.39 is 0 Å². The van der Waals surface area contributed by atoms with Gasteiger partial charge < -0.3 is 15.3 Å². The molecule has 0 saturated heterocycles. The van der Waals surface area contributed by atoms with Gasteiger partial charge in [0.05, 0.1) is 6.61 Å². The number of nitrogens with zero attached hydrogens (tertiary/aromatic N) is 1. The lowest BCUT2D eigenvalue weighted by atomic mass is 10.1. The van der Waals surface area contributed by atoms with Gasteiger partial charge in [0.15, 0.2) is 0 Å². The van der Waals surface area contributed by atoms with E-state index >= 15 is 0 Å². The van der Waals surface area contributed by atoms with Crippen molar-refractivity contribution >= 4 is 5.91 Å². The molecule has 1 rings (SSSR count). The van der Waals surface area contributed by atoms with Crippen molar-refractivity contribution in [2.75, 3.05) is 19.7 Å². The summed E-state index contributed by atoms with van der Waals surface area (Å²) in [5.41, 5.74) is 0.0510. The van der Waals surface area contributed by atoms with Crippen molar-refractivity contribution < 1.29 is 9.90 Å². The minimum Gasteiger partial charge on any atom is -0.395 e. The summed E-state index contributed by atoms with van der Waals surface area (Å²) in [6.07, 6.45) is 5.13. The van der Waals surface area contributed by atoms with Gasteiger partial charge in [-0.2, -0.15) is 0 Å². The highest BCUT2D eigenvalue weighted by molar-refractivity contribution is 5.76. The third kappa shape index (κ3) is 5.36. The summed E-state index contributed by atoms with van der Waals surface area (Å²) >= 11 is 0. The highest BCUT2D eigenvalue weighted by Crippen LogP contribution is 2.23. The Morgan fingerprint density at radius 2 is 1.94 bits per heavy atom. The molecule has 4 nitrogen and oxygen atoms in total. The lowest BCUT2D eigenvalue weighted by Crippen LogP contribution is -2.43. The topological polar surface area (TPSA) is 52.6 Å². The SMILES string of the molecule is CC(C)(C)NCCC(=O)N(CCO)C1CCCC1. The third-order valence-electron chi connectivity index (χ3n) is 3.42. The molecule has 0 unspecified atom stereocenters. The molecular formula is C14H28N2O2. The van der Waals surface area contributed by atoms with Crippen molar-refractivity contribution in [3.8, 4) is 0 Å². The fourth-order valence-electron chi connectivity index (χ4n) is 2.52. The summed E-state index contributed by atoms with van der Waals surface area (Å²) in [4.78, 5) is 14.1. The fourth-order valence-corrected chi connectivity index (χ4v) is 2.52. The first kappa shape index (κ1) is 15.4. The minimum absolute atomic E-state index is 0.0510. The number of rotatable bonds is 6. The molecule has 0 atom stereocenters. The van der Waals surface area contributed by atoms with E-state index in [1.54, 1.807) is 0 Å². The van der Waals surface area contributed by atoms with Crippen LogP contribution in [0.25, 0.3) is 0 Å². The molecule has 1 saturated carbocycles. The number of hydrogen-bond donors (Lipinski definition) is 2. The molecule has 0 aromatic carbocycles. The second-order valence-corrected chi connectivity index (χ2v) is 6.18. The summed E-state index contributed by atoms with van der Waals surface area (Å²) in [5, 5.41) is 12.4. The molecule has 0 radical (unpaired) electrons. The summed E-state index contributed by atoms with van der Waals surface area (Å²) in [5.74, 6) is 0.174. The zero-order valence-electron chi connectivity index (χ0n) is 12.0. The second kappa shape index (κ2) is 7.10. The van der Waals surface area contributed by atoms with E-state index in [0.29, 0.717) is 25.6 Å². The first-order valence-electron chi connectivity index (χ1n) is 7.09. The van der Waals surface area contributed by atoms with Gasteiger partial charge >= 0.3 is 0 Å². The van der Waals surface area contributed by atoms with Crippen molar-refractivity contribution in [2.24, 2.45) is 0 Å². The molecule has 2 N–H and O–H groups in total. The summed E-state index contributed by atoms with van der Waals surface area (Å²) in [6.45, 7) is 7.55. The number of aliphatic hydroxyl groups is 1. The van der Waals surface area contributed by atoms with Crippen molar-refractivity contribution in [1.29, 1.82) is 0 Å². The van der Waals surface area contributed by atoms with Crippen LogP contribution in [0.4, 0.5) is 0 Å². The molecule has 0 spiro atoms. The van der Waals surface area contributed by atoms with Crippen LogP contribution in [-0.2, 0) is 4.79 Å². The first-order valence-corrected chi connectivity index (χ1v) is 7.09. The van der Waals surface area contributed by atoms with E-state index in [2.05, 4.69) is 26.1 Å². The number of carbonyl (C=O) groups is 1. The maximum Gasteiger partial charge on any atom is 0.224 e. The van der Waals surface area contributed by atoms with Gasteiger partial charge in [-0.25, -0.2) is 0 Å². The lowest BCUT2D eigenvalue weighted by Gasteiger charge is -2.29. The molecule has 1 fully saturated rings. The molecular weight excluding hydrogens is 228 g/mol. The molecule has 106 valence electrons. The van der Waals surface area contributed by atoms with Gasteiger partial charge in [0.1, 0.15) is 0 Å². The summed E-state index contributed by atoms with van der Waals surface area (Å²) < 4.78 is 0. The Labute approximate surface area is 111 Å². The predicted octanol–water partition coefficient (Wildman–Crippen LogP) is 1.53. The van der Waals surface area contributed by atoms with Gasteiger partial charge in [0, 0.05) is 31.1 Å². The van der Waals surface area contributed by atoms with Crippen LogP contribution in [-0.4, -0.2) is 47.2 Å². The highest BCUT2D eigenvalue weighted by atomic mass is 16.3. The Morgan fingerprint density at radius 3 is 2.44 bits per heavy atom. The van der Waals surface area contributed by atoms with E-state index in [4.69, 9.17) is 5.11 Å². The third-order valence-corrected chi connectivity index (χ3v) is 3.42. The van der Waals surface area contributed by atoms with E-state index in [0.717, 1.165) is 12.8 Å². The number of amides is 1. The van der Waals surface area contributed by atoms with Crippen LogP contribution in [0.5, 0.6) is 0 Å². The van der Waals surface area contributed by atoms with Crippen LogP contribution in [0.1, 0.15) is 52.9 Å². The van der Waals surface area contributed by atoms with E-state index in [-0.39, 0.29) is 18.1 Å². The van der Waals surface area contributed by atoms with Crippen LogP contribution in [0.15, 0.2) is 0 Å². The van der Waals surface area contributed by atoms with Gasteiger partial charge in [-0.15, -0.1) is 0 Å². The molecule has 4 heteroatoms. The molecule has 0 aliphatic heterocycles. The largest absolute Gasteiger partial charge is 0.395 e. The van der Waals surface area contributed by atoms with E-state index in [9.17, 15) is 4.79 Å².